The number of aliphatic hydroxyl groups excluding tert-OH is 1. The van der Waals surface area contributed by atoms with E-state index in [1.54, 1.807) is 0 Å². The molecular formula is C34H34N4O4. The van der Waals surface area contributed by atoms with E-state index in [4.69, 9.17) is 9.15 Å². The summed E-state index contributed by atoms with van der Waals surface area (Å²) in [5.41, 5.74) is 5.38. The monoisotopic (exact) mass is 562 g/mol. The molecule has 1 saturated heterocycles. The zero-order valence-corrected chi connectivity index (χ0v) is 23.4. The highest BCUT2D eigenvalue weighted by molar-refractivity contribution is 5.92. The van der Waals surface area contributed by atoms with Crippen LogP contribution in [-0.4, -0.2) is 77.8 Å². The lowest BCUT2D eigenvalue weighted by atomic mass is 10.1. The lowest BCUT2D eigenvalue weighted by Gasteiger charge is -2.35. The number of nitrogens with one attached hydrogen (secondary N) is 1. The molecule has 2 heterocycles. The Hall–Kier alpha value is -4.50. The zero-order valence-electron chi connectivity index (χ0n) is 23.4. The van der Waals surface area contributed by atoms with Gasteiger partial charge in [-0.1, -0.05) is 60.7 Å². The molecule has 6 rings (SSSR count). The minimum atomic E-state index is -0.633. The minimum Gasteiger partial charge on any atom is -0.491 e. The molecule has 0 radical (unpaired) electrons. The van der Waals surface area contributed by atoms with Crippen LogP contribution in [0.3, 0.4) is 0 Å². The third-order valence-electron chi connectivity index (χ3n) is 7.40. The van der Waals surface area contributed by atoms with Crippen molar-refractivity contribution in [2.24, 2.45) is 0 Å². The number of hydrogen-bond donors (Lipinski definition) is 2. The third kappa shape index (κ3) is 7.03. The Morgan fingerprint density at radius 3 is 2.19 bits per heavy atom. The lowest BCUT2D eigenvalue weighted by Crippen LogP contribution is -2.50. The second kappa shape index (κ2) is 13.0. The summed E-state index contributed by atoms with van der Waals surface area (Å²) < 4.78 is 11.7. The molecule has 0 unspecified atom stereocenters. The minimum absolute atomic E-state index is 0.0238. The number of aromatic nitrogens is 1. The number of carbonyl (C=O) groups is 1. The van der Waals surface area contributed by atoms with Crippen LogP contribution >= 0.6 is 0 Å². The summed E-state index contributed by atoms with van der Waals surface area (Å²) in [6, 6.07) is 33.4. The molecule has 2 N–H and O–H groups in total. The van der Waals surface area contributed by atoms with Crippen LogP contribution in [0.25, 0.3) is 33.7 Å². The van der Waals surface area contributed by atoms with Gasteiger partial charge < -0.3 is 19.6 Å². The van der Waals surface area contributed by atoms with Crippen molar-refractivity contribution in [2.75, 3.05) is 51.2 Å². The van der Waals surface area contributed by atoms with Crippen LogP contribution in [0.2, 0.25) is 0 Å². The van der Waals surface area contributed by atoms with Crippen molar-refractivity contribution in [1.29, 1.82) is 0 Å². The number of carbonyl (C=O) groups excluding carboxylic acids is 1. The Morgan fingerprint density at radius 2 is 1.48 bits per heavy atom. The average molecular weight is 563 g/mol. The van der Waals surface area contributed by atoms with Crippen molar-refractivity contribution < 1.29 is 19.1 Å². The number of oxazole rings is 1. The van der Waals surface area contributed by atoms with Gasteiger partial charge in [0.05, 0.1) is 6.54 Å². The SMILES string of the molecule is O=C(CN1CCN(C[C@H](O)COc2ccc3oc(-c4ccccc4)nc3c2)CC1)Nc1ccc(-c2ccccc2)cc1. The van der Waals surface area contributed by atoms with Crippen molar-refractivity contribution in [3.05, 3.63) is 103 Å². The van der Waals surface area contributed by atoms with E-state index < -0.39 is 6.10 Å². The first-order chi connectivity index (χ1) is 20.6. The quantitative estimate of drug-likeness (QED) is 0.243. The molecule has 1 aliphatic rings. The average Bonchev–Trinajstić information content (AvgIpc) is 3.46. The number of ether oxygens (including phenoxy) is 1. The molecule has 4 aromatic carbocycles. The fourth-order valence-electron chi connectivity index (χ4n) is 5.15. The highest BCUT2D eigenvalue weighted by atomic mass is 16.5. The highest BCUT2D eigenvalue weighted by Gasteiger charge is 2.21. The van der Waals surface area contributed by atoms with Gasteiger partial charge in [-0.2, -0.15) is 0 Å². The fourth-order valence-corrected chi connectivity index (χ4v) is 5.15. The van der Waals surface area contributed by atoms with Crippen molar-refractivity contribution in [3.8, 4) is 28.3 Å². The maximum atomic E-state index is 12.6. The molecule has 1 aliphatic heterocycles. The summed E-state index contributed by atoms with van der Waals surface area (Å²) in [6.45, 7) is 4.13. The van der Waals surface area contributed by atoms with Gasteiger partial charge in [0.15, 0.2) is 5.58 Å². The molecule has 1 fully saturated rings. The first-order valence-corrected chi connectivity index (χ1v) is 14.3. The van der Waals surface area contributed by atoms with Gasteiger partial charge in [0.1, 0.15) is 24.0 Å². The van der Waals surface area contributed by atoms with Crippen LogP contribution in [0, 0.1) is 0 Å². The van der Waals surface area contributed by atoms with Crippen molar-refractivity contribution in [1.82, 2.24) is 14.8 Å². The number of aliphatic hydroxyl groups is 1. The van der Waals surface area contributed by atoms with Gasteiger partial charge in [-0.25, -0.2) is 4.98 Å². The zero-order chi connectivity index (χ0) is 28.7. The van der Waals surface area contributed by atoms with Gasteiger partial charge in [-0.05, 0) is 47.5 Å². The summed E-state index contributed by atoms with van der Waals surface area (Å²) >= 11 is 0. The Labute approximate surface area is 245 Å². The summed E-state index contributed by atoms with van der Waals surface area (Å²) in [5, 5.41) is 13.6. The van der Waals surface area contributed by atoms with Crippen LogP contribution in [0.4, 0.5) is 5.69 Å². The third-order valence-corrected chi connectivity index (χ3v) is 7.40. The number of hydrogen-bond acceptors (Lipinski definition) is 7. The summed E-state index contributed by atoms with van der Waals surface area (Å²) in [6.07, 6.45) is -0.633. The second-order valence-electron chi connectivity index (χ2n) is 10.5. The Kier molecular flexibility index (Phi) is 8.56. The molecular weight excluding hydrogens is 528 g/mol. The van der Waals surface area contributed by atoms with E-state index in [1.165, 1.54) is 0 Å². The summed E-state index contributed by atoms with van der Waals surface area (Å²) in [5.74, 6) is 1.18. The van der Waals surface area contributed by atoms with Crippen LogP contribution < -0.4 is 10.1 Å². The van der Waals surface area contributed by atoms with Crippen molar-refractivity contribution in [3.63, 3.8) is 0 Å². The standard InChI is InChI=1S/C34H34N4O4/c39-29(24-41-30-15-16-32-31(21-30)36-34(42-32)27-9-5-2-6-10-27)22-37-17-19-38(20-18-37)23-33(40)35-28-13-11-26(12-14-28)25-7-3-1-4-8-25/h1-16,21,29,39H,17-20,22-24H2,(H,35,40)/t29-/m0/s1. The van der Waals surface area contributed by atoms with Gasteiger partial charge >= 0.3 is 0 Å². The topological polar surface area (TPSA) is 91.1 Å². The summed E-state index contributed by atoms with van der Waals surface area (Å²) in [4.78, 5) is 21.6. The number of nitrogens with zero attached hydrogens (tertiary/aromatic N) is 3. The van der Waals surface area contributed by atoms with Crippen LogP contribution in [0.1, 0.15) is 0 Å². The predicted molar refractivity (Wildman–Crippen MR) is 164 cm³/mol. The van der Waals surface area contributed by atoms with E-state index in [9.17, 15) is 9.90 Å². The van der Waals surface area contributed by atoms with Gasteiger partial charge in [-0.3, -0.25) is 14.6 Å². The molecule has 1 amide bonds. The molecule has 214 valence electrons. The number of benzene rings is 4. The molecule has 8 heteroatoms. The van der Waals surface area contributed by atoms with E-state index in [0.717, 1.165) is 48.6 Å². The first kappa shape index (κ1) is 27.7. The number of amides is 1. The van der Waals surface area contributed by atoms with Gasteiger partial charge in [0, 0.05) is 50.0 Å². The van der Waals surface area contributed by atoms with Gasteiger partial charge in [0.25, 0.3) is 0 Å². The second-order valence-corrected chi connectivity index (χ2v) is 10.5. The molecule has 42 heavy (non-hydrogen) atoms. The predicted octanol–water partition coefficient (Wildman–Crippen LogP) is 5.16. The maximum Gasteiger partial charge on any atom is 0.238 e. The lowest BCUT2D eigenvalue weighted by molar-refractivity contribution is -0.117. The number of piperazine rings is 1. The molecule has 0 bridgehead atoms. The molecule has 0 spiro atoms. The Balaban J connectivity index is 0.918. The van der Waals surface area contributed by atoms with Gasteiger partial charge in [0.2, 0.25) is 11.8 Å². The van der Waals surface area contributed by atoms with E-state index in [-0.39, 0.29) is 12.5 Å². The largest absolute Gasteiger partial charge is 0.491 e. The maximum absolute atomic E-state index is 12.6. The van der Waals surface area contributed by atoms with E-state index in [0.29, 0.717) is 35.8 Å². The van der Waals surface area contributed by atoms with E-state index in [1.807, 2.05) is 91.0 Å². The molecule has 8 nitrogen and oxygen atoms in total. The molecule has 0 saturated carbocycles. The normalized spacial score (nSPS) is 15.0. The number of rotatable bonds is 10. The van der Waals surface area contributed by atoms with E-state index in [2.05, 4.69) is 32.2 Å². The molecule has 0 aliphatic carbocycles. The van der Waals surface area contributed by atoms with Crippen molar-refractivity contribution in [2.45, 2.75) is 6.10 Å². The summed E-state index contributed by atoms with van der Waals surface area (Å²) in [7, 11) is 0. The number of anilines is 1. The molecule has 5 aromatic rings. The smallest absolute Gasteiger partial charge is 0.238 e. The van der Waals surface area contributed by atoms with Crippen LogP contribution in [0.5, 0.6) is 5.75 Å². The highest BCUT2D eigenvalue weighted by Crippen LogP contribution is 2.27. The molecule has 1 atom stereocenters. The Morgan fingerprint density at radius 1 is 0.833 bits per heavy atom. The van der Waals surface area contributed by atoms with E-state index >= 15 is 0 Å². The number of fused-ring (bicyclic) bond motifs is 1. The van der Waals surface area contributed by atoms with Crippen LogP contribution in [-0.2, 0) is 4.79 Å². The Bertz CT molecular complexity index is 1600. The van der Waals surface area contributed by atoms with Crippen molar-refractivity contribution >= 4 is 22.7 Å². The van der Waals surface area contributed by atoms with Crippen LogP contribution in [0.15, 0.2) is 108 Å². The first-order valence-electron chi connectivity index (χ1n) is 14.3. The number of β-amino-alcohol motifs (C(OH)–C–C–N with tert-alkyl or cyclic N) is 1. The van der Waals surface area contributed by atoms with Gasteiger partial charge in [-0.15, -0.1) is 0 Å². The fraction of sp³-hybridized carbons (Fsp3) is 0.235. The molecule has 1 aromatic heterocycles.